The highest BCUT2D eigenvalue weighted by Gasteiger charge is 2.34. The van der Waals surface area contributed by atoms with Gasteiger partial charge < -0.3 is 14.6 Å². The lowest BCUT2D eigenvalue weighted by Crippen LogP contribution is -2.48. The summed E-state index contributed by atoms with van der Waals surface area (Å²) in [6, 6.07) is 31.2. The standard InChI is InChI=1S/C28H24N2O3/c31-24-16-17-30-18-23(25(21-12-6-2-7-13-21)22-14-8-3-9-15-22)29-28(32)26(30)27(24)33-19-20-10-4-1-5-11-20/h1-17,23,25H,18-19H2,(H,29,32)/t23-/m0/s1. The van der Waals surface area contributed by atoms with Gasteiger partial charge in [0.15, 0.2) is 11.4 Å². The Balaban J connectivity index is 1.49. The van der Waals surface area contributed by atoms with E-state index in [1.165, 1.54) is 6.07 Å². The van der Waals surface area contributed by atoms with Crippen LogP contribution in [0.3, 0.4) is 0 Å². The van der Waals surface area contributed by atoms with E-state index in [1.54, 1.807) is 6.20 Å². The number of nitrogens with one attached hydrogen (secondary N) is 1. The molecule has 5 rings (SSSR count). The number of hydrogen-bond acceptors (Lipinski definition) is 3. The maximum absolute atomic E-state index is 13.3. The summed E-state index contributed by atoms with van der Waals surface area (Å²) in [6.07, 6.45) is 1.69. The van der Waals surface area contributed by atoms with Gasteiger partial charge in [-0.15, -0.1) is 0 Å². The second-order valence-electron chi connectivity index (χ2n) is 8.16. The number of carbonyl (C=O) groups is 1. The van der Waals surface area contributed by atoms with E-state index in [2.05, 4.69) is 29.6 Å². The minimum Gasteiger partial charge on any atom is -0.483 e. The zero-order valence-electron chi connectivity index (χ0n) is 18.1. The van der Waals surface area contributed by atoms with E-state index in [9.17, 15) is 9.59 Å². The number of aromatic nitrogens is 1. The van der Waals surface area contributed by atoms with Crippen LogP contribution in [0.1, 0.15) is 33.1 Å². The zero-order chi connectivity index (χ0) is 22.6. The Bertz CT molecular complexity index is 1260. The Kier molecular flexibility index (Phi) is 5.77. The Morgan fingerprint density at radius 1 is 0.818 bits per heavy atom. The Morgan fingerprint density at radius 2 is 1.39 bits per heavy atom. The molecule has 0 saturated carbocycles. The number of ether oxygens (including phenoxy) is 1. The molecule has 0 spiro atoms. The zero-order valence-corrected chi connectivity index (χ0v) is 18.1. The molecule has 0 unspecified atom stereocenters. The number of nitrogens with zero attached hydrogens (tertiary/aromatic N) is 1. The van der Waals surface area contributed by atoms with Crippen molar-refractivity contribution in [2.24, 2.45) is 0 Å². The van der Waals surface area contributed by atoms with Crippen molar-refractivity contribution in [2.45, 2.75) is 25.1 Å². The third kappa shape index (κ3) is 4.30. The van der Waals surface area contributed by atoms with E-state index in [4.69, 9.17) is 4.74 Å². The second kappa shape index (κ2) is 9.17. The summed E-state index contributed by atoms with van der Waals surface area (Å²) in [5, 5.41) is 3.16. The van der Waals surface area contributed by atoms with Crippen LogP contribution < -0.4 is 15.5 Å². The van der Waals surface area contributed by atoms with Crippen LogP contribution in [0.5, 0.6) is 5.75 Å². The van der Waals surface area contributed by atoms with Crippen LogP contribution in [0.2, 0.25) is 0 Å². The average molecular weight is 437 g/mol. The van der Waals surface area contributed by atoms with Gasteiger partial charge in [0.05, 0.1) is 6.04 Å². The topological polar surface area (TPSA) is 60.3 Å². The van der Waals surface area contributed by atoms with Crippen molar-refractivity contribution in [2.75, 3.05) is 0 Å². The molecule has 0 saturated heterocycles. The van der Waals surface area contributed by atoms with Gasteiger partial charge in [-0.3, -0.25) is 9.59 Å². The number of hydrogen-bond donors (Lipinski definition) is 1. The first-order valence-electron chi connectivity index (χ1n) is 11.0. The highest BCUT2D eigenvalue weighted by molar-refractivity contribution is 5.96. The van der Waals surface area contributed by atoms with E-state index in [0.717, 1.165) is 16.7 Å². The molecule has 164 valence electrons. The van der Waals surface area contributed by atoms with Crippen LogP contribution in [-0.4, -0.2) is 16.5 Å². The van der Waals surface area contributed by atoms with Crippen molar-refractivity contribution in [3.63, 3.8) is 0 Å². The Labute approximate surface area is 192 Å². The van der Waals surface area contributed by atoms with Crippen molar-refractivity contribution >= 4 is 5.91 Å². The molecule has 1 N–H and O–H groups in total. The number of benzene rings is 3. The molecule has 5 heteroatoms. The van der Waals surface area contributed by atoms with Crippen LogP contribution in [0, 0.1) is 0 Å². The first kappa shape index (κ1) is 20.8. The van der Waals surface area contributed by atoms with Crippen molar-refractivity contribution in [1.82, 2.24) is 9.88 Å². The lowest BCUT2D eigenvalue weighted by atomic mass is 9.84. The summed E-state index contributed by atoms with van der Waals surface area (Å²) < 4.78 is 7.70. The summed E-state index contributed by atoms with van der Waals surface area (Å²) in [6.45, 7) is 0.748. The maximum Gasteiger partial charge on any atom is 0.272 e. The van der Waals surface area contributed by atoms with Gasteiger partial charge in [-0.25, -0.2) is 0 Å². The van der Waals surface area contributed by atoms with E-state index in [0.29, 0.717) is 6.54 Å². The van der Waals surface area contributed by atoms with Gasteiger partial charge in [0.25, 0.3) is 5.91 Å². The van der Waals surface area contributed by atoms with Gasteiger partial charge in [-0.2, -0.15) is 0 Å². The Morgan fingerprint density at radius 3 is 2.00 bits per heavy atom. The lowest BCUT2D eigenvalue weighted by molar-refractivity contribution is 0.0886. The predicted molar refractivity (Wildman–Crippen MR) is 127 cm³/mol. The first-order valence-corrected chi connectivity index (χ1v) is 11.0. The second-order valence-corrected chi connectivity index (χ2v) is 8.16. The Hall–Kier alpha value is -4.12. The smallest absolute Gasteiger partial charge is 0.272 e. The number of carbonyl (C=O) groups excluding carboxylic acids is 1. The molecule has 5 nitrogen and oxygen atoms in total. The maximum atomic E-state index is 13.3. The number of pyridine rings is 1. The molecule has 1 amide bonds. The van der Waals surface area contributed by atoms with E-state index >= 15 is 0 Å². The molecule has 1 aliphatic rings. The lowest BCUT2D eigenvalue weighted by Gasteiger charge is -2.34. The van der Waals surface area contributed by atoms with Gasteiger partial charge in [0.2, 0.25) is 5.43 Å². The molecule has 0 aliphatic carbocycles. The van der Waals surface area contributed by atoms with Crippen LogP contribution in [0.25, 0.3) is 0 Å². The molecule has 0 fully saturated rings. The van der Waals surface area contributed by atoms with E-state index in [1.807, 2.05) is 71.3 Å². The molecule has 3 aromatic carbocycles. The quantitative estimate of drug-likeness (QED) is 0.488. The number of fused-ring (bicyclic) bond motifs is 1. The largest absolute Gasteiger partial charge is 0.483 e. The fourth-order valence-corrected chi connectivity index (χ4v) is 4.47. The SMILES string of the molecule is O=C1N[C@H](C(c2ccccc2)c2ccccc2)Cn2ccc(=O)c(OCc3ccccc3)c21. The summed E-state index contributed by atoms with van der Waals surface area (Å²) in [5.74, 6) is -0.241. The molecule has 0 bridgehead atoms. The molecule has 2 heterocycles. The summed E-state index contributed by atoms with van der Waals surface area (Å²) in [7, 11) is 0. The minimum atomic E-state index is -0.302. The van der Waals surface area contributed by atoms with E-state index in [-0.39, 0.29) is 41.3 Å². The van der Waals surface area contributed by atoms with Crippen LogP contribution in [0.15, 0.2) is 108 Å². The molecule has 33 heavy (non-hydrogen) atoms. The van der Waals surface area contributed by atoms with E-state index < -0.39 is 0 Å². The van der Waals surface area contributed by atoms with Crippen molar-refractivity contribution in [3.05, 3.63) is 136 Å². The fourth-order valence-electron chi connectivity index (χ4n) is 4.47. The summed E-state index contributed by atoms with van der Waals surface area (Å²) >= 11 is 0. The van der Waals surface area contributed by atoms with Crippen molar-refractivity contribution < 1.29 is 9.53 Å². The minimum absolute atomic E-state index is 0.0300. The molecule has 4 aromatic rings. The highest BCUT2D eigenvalue weighted by atomic mass is 16.5. The third-order valence-electron chi connectivity index (χ3n) is 6.00. The average Bonchev–Trinajstić information content (AvgIpc) is 2.86. The molecule has 0 radical (unpaired) electrons. The predicted octanol–water partition coefficient (Wildman–Crippen LogP) is 4.37. The van der Waals surface area contributed by atoms with Crippen LogP contribution >= 0.6 is 0 Å². The molecule has 1 aliphatic heterocycles. The molecular weight excluding hydrogens is 412 g/mol. The van der Waals surface area contributed by atoms with Gasteiger partial charge >= 0.3 is 0 Å². The van der Waals surface area contributed by atoms with Gasteiger partial charge in [-0.05, 0) is 16.7 Å². The number of rotatable bonds is 6. The van der Waals surface area contributed by atoms with Crippen molar-refractivity contribution in [1.29, 1.82) is 0 Å². The monoisotopic (exact) mass is 436 g/mol. The number of amides is 1. The highest BCUT2D eigenvalue weighted by Crippen LogP contribution is 2.31. The first-order chi connectivity index (χ1) is 16.2. The van der Waals surface area contributed by atoms with Crippen LogP contribution in [0.4, 0.5) is 0 Å². The molecule has 1 atom stereocenters. The normalized spacial score (nSPS) is 15.1. The third-order valence-corrected chi connectivity index (χ3v) is 6.00. The molecular formula is C28H24N2O3. The fraction of sp³-hybridized carbons (Fsp3) is 0.143. The van der Waals surface area contributed by atoms with Crippen LogP contribution in [-0.2, 0) is 13.2 Å². The summed E-state index contributed by atoms with van der Waals surface area (Å²) in [4.78, 5) is 25.9. The van der Waals surface area contributed by atoms with Gasteiger partial charge in [-0.1, -0.05) is 91.0 Å². The molecule has 1 aromatic heterocycles. The van der Waals surface area contributed by atoms with Crippen molar-refractivity contribution in [3.8, 4) is 5.75 Å². The van der Waals surface area contributed by atoms with Gasteiger partial charge in [0, 0.05) is 24.7 Å². The van der Waals surface area contributed by atoms with Gasteiger partial charge in [0.1, 0.15) is 6.61 Å². The summed E-state index contributed by atoms with van der Waals surface area (Å²) in [5.41, 5.74) is 3.16.